The van der Waals surface area contributed by atoms with Gasteiger partial charge >= 0.3 is 0 Å². The summed E-state index contributed by atoms with van der Waals surface area (Å²) in [7, 11) is -4.27. The Hall–Kier alpha value is -4.93. The smallest absolute Gasteiger partial charge is 0.265 e. The van der Waals surface area contributed by atoms with Crippen LogP contribution in [0.1, 0.15) is 28.7 Å². The van der Waals surface area contributed by atoms with E-state index in [2.05, 4.69) is 16.0 Å². The van der Waals surface area contributed by atoms with Gasteiger partial charge in [-0.05, 0) is 85.0 Å². The van der Waals surface area contributed by atoms with Gasteiger partial charge in [-0.1, -0.05) is 66.2 Å². The third-order valence-corrected chi connectivity index (χ3v) is 9.91. The first-order valence-corrected chi connectivity index (χ1v) is 16.5. The number of halogens is 1. The average molecular weight is 657 g/mol. The van der Waals surface area contributed by atoms with Crippen LogP contribution in [0.4, 0.5) is 17.1 Å². The standard InChI is InChI=1S/C35H33ClN4O5S/c1-23-21-32(24(2)20-28(23)36)46(44,45)40-30-11-7-6-10-29(30)39-35(43)31(40)22-34(42)37-19-18-26-12-15-27(16-13-26)38-33(41)17-14-25-8-4-3-5-9-25/h3-17,20-21,31H,18-19,22H2,1-2H3,(H,37,42)(H,38,41)(H,39,43). The molecule has 1 aliphatic rings. The highest BCUT2D eigenvalue weighted by molar-refractivity contribution is 7.93. The summed E-state index contributed by atoms with van der Waals surface area (Å²) < 4.78 is 29.3. The largest absolute Gasteiger partial charge is 0.356 e. The molecule has 0 aliphatic carbocycles. The van der Waals surface area contributed by atoms with Crippen molar-refractivity contribution in [3.63, 3.8) is 0 Å². The second-order valence-electron chi connectivity index (χ2n) is 10.9. The number of rotatable bonds is 10. The number of benzene rings is 4. The van der Waals surface area contributed by atoms with Gasteiger partial charge < -0.3 is 16.0 Å². The summed E-state index contributed by atoms with van der Waals surface area (Å²) in [4.78, 5) is 38.6. The fourth-order valence-electron chi connectivity index (χ4n) is 5.14. The number of fused-ring (bicyclic) bond motifs is 1. The summed E-state index contributed by atoms with van der Waals surface area (Å²) >= 11 is 6.23. The maximum Gasteiger partial charge on any atom is 0.265 e. The summed E-state index contributed by atoms with van der Waals surface area (Å²) in [6.45, 7) is 3.60. The third kappa shape index (κ3) is 7.47. The van der Waals surface area contributed by atoms with Crippen LogP contribution in [0.15, 0.2) is 102 Å². The van der Waals surface area contributed by atoms with Gasteiger partial charge in [0.25, 0.3) is 10.0 Å². The van der Waals surface area contributed by atoms with Crippen molar-refractivity contribution in [2.24, 2.45) is 0 Å². The zero-order valence-corrected chi connectivity index (χ0v) is 26.9. The summed E-state index contributed by atoms with van der Waals surface area (Å²) in [6, 6.07) is 25.1. The molecule has 3 amide bonds. The fourth-order valence-corrected chi connectivity index (χ4v) is 7.29. The van der Waals surface area contributed by atoms with Crippen molar-refractivity contribution in [2.45, 2.75) is 37.6 Å². The first kappa shape index (κ1) is 32.5. The van der Waals surface area contributed by atoms with Crippen molar-refractivity contribution in [1.82, 2.24) is 5.32 Å². The number of para-hydroxylation sites is 2. The van der Waals surface area contributed by atoms with E-state index in [1.165, 1.54) is 12.1 Å². The molecule has 11 heteroatoms. The number of nitrogens with one attached hydrogen (secondary N) is 3. The molecule has 236 valence electrons. The predicted octanol–water partition coefficient (Wildman–Crippen LogP) is 5.87. The van der Waals surface area contributed by atoms with Crippen LogP contribution in [0.3, 0.4) is 0 Å². The Kier molecular flexibility index (Phi) is 9.89. The molecule has 5 rings (SSSR count). The van der Waals surface area contributed by atoms with Crippen LogP contribution in [0, 0.1) is 13.8 Å². The van der Waals surface area contributed by atoms with Crippen molar-refractivity contribution < 1.29 is 22.8 Å². The van der Waals surface area contributed by atoms with Gasteiger partial charge in [-0.2, -0.15) is 0 Å². The van der Waals surface area contributed by atoms with Crippen LogP contribution in [0.2, 0.25) is 5.02 Å². The highest BCUT2D eigenvalue weighted by Gasteiger charge is 2.42. The van der Waals surface area contributed by atoms with E-state index in [9.17, 15) is 22.8 Å². The molecule has 1 aliphatic heterocycles. The lowest BCUT2D eigenvalue weighted by molar-refractivity contribution is -0.125. The van der Waals surface area contributed by atoms with Gasteiger partial charge in [-0.25, -0.2) is 8.42 Å². The Balaban J connectivity index is 1.23. The zero-order valence-electron chi connectivity index (χ0n) is 25.3. The first-order valence-electron chi connectivity index (χ1n) is 14.6. The molecule has 0 radical (unpaired) electrons. The Morgan fingerprint density at radius 1 is 0.935 bits per heavy atom. The van der Waals surface area contributed by atoms with Crippen LogP contribution in [-0.4, -0.2) is 38.7 Å². The molecular weight excluding hydrogens is 624 g/mol. The minimum absolute atomic E-state index is 0.0103. The third-order valence-electron chi connectivity index (χ3n) is 7.54. The molecule has 0 saturated heterocycles. The van der Waals surface area contributed by atoms with Crippen molar-refractivity contribution in [3.8, 4) is 0 Å². The van der Waals surface area contributed by atoms with Crippen LogP contribution < -0.4 is 20.3 Å². The molecule has 0 aromatic heterocycles. The molecule has 1 heterocycles. The average Bonchev–Trinajstić information content (AvgIpc) is 3.03. The monoisotopic (exact) mass is 656 g/mol. The van der Waals surface area contributed by atoms with Gasteiger partial charge in [-0.3, -0.25) is 18.7 Å². The lowest BCUT2D eigenvalue weighted by atomic mass is 10.1. The van der Waals surface area contributed by atoms with Crippen LogP contribution in [0.5, 0.6) is 0 Å². The predicted molar refractivity (Wildman–Crippen MR) is 181 cm³/mol. The molecule has 9 nitrogen and oxygen atoms in total. The Labute approximate surface area is 273 Å². The lowest BCUT2D eigenvalue weighted by Gasteiger charge is -2.37. The van der Waals surface area contributed by atoms with E-state index in [-0.39, 0.29) is 29.5 Å². The van der Waals surface area contributed by atoms with E-state index in [0.29, 0.717) is 33.9 Å². The van der Waals surface area contributed by atoms with E-state index in [4.69, 9.17) is 11.6 Å². The molecule has 0 saturated carbocycles. The molecule has 4 aromatic carbocycles. The number of hydrogen-bond donors (Lipinski definition) is 3. The molecule has 4 aromatic rings. The van der Waals surface area contributed by atoms with E-state index < -0.39 is 27.9 Å². The van der Waals surface area contributed by atoms with Crippen molar-refractivity contribution in [3.05, 3.63) is 124 Å². The number of carbonyl (C=O) groups is 3. The number of nitrogens with zero attached hydrogens (tertiary/aromatic N) is 1. The summed E-state index contributed by atoms with van der Waals surface area (Å²) in [5, 5.41) is 8.79. The van der Waals surface area contributed by atoms with E-state index in [1.54, 1.807) is 62.4 Å². The number of amides is 3. The number of aryl methyl sites for hydroxylation is 2. The molecule has 0 fully saturated rings. The van der Waals surface area contributed by atoms with Crippen LogP contribution in [0.25, 0.3) is 6.08 Å². The normalized spacial score (nSPS) is 14.5. The van der Waals surface area contributed by atoms with Crippen LogP contribution in [-0.2, 0) is 30.8 Å². The molecule has 0 bridgehead atoms. The molecule has 0 spiro atoms. The SMILES string of the molecule is Cc1cc(S(=O)(=O)N2c3ccccc3NC(=O)C2CC(=O)NCCc2ccc(NC(=O)C=Cc3ccccc3)cc2)c(C)cc1Cl. The van der Waals surface area contributed by atoms with Gasteiger partial charge in [0.2, 0.25) is 17.7 Å². The van der Waals surface area contributed by atoms with Gasteiger partial charge in [0.15, 0.2) is 0 Å². The second-order valence-corrected chi connectivity index (χ2v) is 13.1. The summed E-state index contributed by atoms with van der Waals surface area (Å²) in [6.07, 6.45) is 3.30. The summed E-state index contributed by atoms with van der Waals surface area (Å²) in [5.74, 6) is -1.33. The second kappa shape index (κ2) is 14.0. The molecular formula is C35H33ClN4O5S. The first-order chi connectivity index (χ1) is 22.0. The lowest BCUT2D eigenvalue weighted by Crippen LogP contribution is -2.53. The van der Waals surface area contributed by atoms with Gasteiger partial charge in [0.05, 0.1) is 22.7 Å². The number of anilines is 3. The maximum atomic E-state index is 14.1. The van der Waals surface area contributed by atoms with E-state index >= 15 is 0 Å². The molecule has 1 atom stereocenters. The van der Waals surface area contributed by atoms with Gasteiger partial charge in [0, 0.05) is 23.3 Å². The number of hydrogen-bond acceptors (Lipinski definition) is 5. The minimum Gasteiger partial charge on any atom is -0.356 e. The van der Waals surface area contributed by atoms with Crippen molar-refractivity contribution >= 4 is 62.5 Å². The quantitative estimate of drug-likeness (QED) is 0.184. The van der Waals surface area contributed by atoms with E-state index in [0.717, 1.165) is 15.4 Å². The molecule has 1 unspecified atom stereocenters. The summed E-state index contributed by atoms with van der Waals surface area (Å²) in [5.41, 5.74) is 4.08. The molecule has 46 heavy (non-hydrogen) atoms. The Morgan fingerprint density at radius 2 is 1.63 bits per heavy atom. The number of carbonyl (C=O) groups excluding carboxylic acids is 3. The number of sulfonamides is 1. The Morgan fingerprint density at radius 3 is 2.37 bits per heavy atom. The molecule has 3 N–H and O–H groups in total. The topological polar surface area (TPSA) is 125 Å². The Bertz CT molecular complexity index is 1910. The van der Waals surface area contributed by atoms with Crippen LogP contribution >= 0.6 is 11.6 Å². The minimum atomic E-state index is -4.27. The van der Waals surface area contributed by atoms with Gasteiger partial charge in [0.1, 0.15) is 6.04 Å². The van der Waals surface area contributed by atoms with Crippen molar-refractivity contribution in [2.75, 3.05) is 21.5 Å². The van der Waals surface area contributed by atoms with E-state index in [1.807, 2.05) is 42.5 Å². The highest BCUT2D eigenvalue weighted by Crippen LogP contribution is 2.38. The van der Waals surface area contributed by atoms with Gasteiger partial charge in [-0.15, -0.1) is 0 Å². The maximum absolute atomic E-state index is 14.1. The zero-order chi connectivity index (χ0) is 32.8. The highest BCUT2D eigenvalue weighted by atomic mass is 35.5. The fraction of sp³-hybridized carbons (Fsp3) is 0.171. The van der Waals surface area contributed by atoms with Crippen molar-refractivity contribution in [1.29, 1.82) is 0 Å².